The number of hydrogen-bond donors (Lipinski definition) is 1. The maximum absolute atomic E-state index is 11.8. The molecule has 0 aromatic rings. The number of nitriles is 1. The highest BCUT2D eigenvalue weighted by Crippen LogP contribution is 2.13. The first-order chi connectivity index (χ1) is 8.58. The van der Waals surface area contributed by atoms with E-state index in [1.807, 2.05) is 6.07 Å². The van der Waals surface area contributed by atoms with Gasteiger partial charge in [0.05, 0.1) is 13.2 Å². The lowest BCUT2D eigenvalue weighted by Crippen LogP contribution is -2.46. The van der Waals surface area contributed by atoms with Crippen molar-refractivity contribution >= 4 is 11.9 Å². The monoisotopic (exact) mass is 254 g/mol. The molecule has 0 radical (unpaired) electrons. The molecule has 18 heavy (non-hydrogen) atoms. The van der Waals surface area contributed by atoms with Crippen molar-refractivity contribution in [3.8, 4) is 6.07 Å². The molecule has 1 rings (SSSR count). The van der Waals surface area contributed by atoms with Gasteiger partial charge in [-0.3, -0.25) is 4.79 Å². The molecule has 0 saturated carbocycles. The summed E-state index contributed by atoms with van der Waals surface area (Å²) in [5, 5.41) is 11.3. The molecule has 0 bridgehead atoms. The Balaban J connectivity index is 2.57. The Labute approximate surface area is 106 Å². The Morgan fingerprint density at radius 2 is 2.33 bits per heavy atom. The molecule has 1 aliphatic rings. The number of carbonyl (C=O) groups excluding carboxylic acids is 2. The Morgan fingerprint density at radius 3 is 2.83 bits per heavy atom. The average molecular weight is 254 g/mol. The Morgan fingerprint density at radius 1 is 1.61 bits per heavy atom. The van der Waals surface area contributed by atoms with E-state index in [0.717, 1.165) is 6.42 Å². The lowest BCUT2D eigenvalue weighted by Gasteiger charge is -2.19. The number of nitrogens with one attached hydrogen (secondary N) is 1. The van der Waals surface area contributed by atoms with Gasteiger partial charge in [0.15, 0.2) is 0 Å². The fourth-order valence-corrected chi connectivity index (χ4v) is 1.81. The van der Waals surface area contributed by atoms with Gasteiger partial charge in [0.25, 0.3) is 0 Å². The zero-order chi connectivity index (χ0) is 13.5. The molecule has 1 saturated heterocycles. The molecule has 1 heterocycles. The van der Waals surface area contributed by atoms with Crippen molar-refractivity contribution in [3.63, 3.8) is 0 Å². The smallest absolute Gasteiger partial charge is 0.328 e. The summed E-state index contributed by atoms with van der Waals surface area (Å²) in [6.07, 6.45) is 1.25. The van der Waals surface area contributed by atoms with E-state index < -0.39 is 18.1 Å². The zero-order valence-electron chi connectivity index (χ0n) is 10.6. The molecule has 0 aromatic heterocycles. The molecule has 1 amide bonds. The highest BCUT2D eigenvalue weighted by atomic mass is 16.5. The van der Waals surface area contributed by atoms with Crippen LogP contribution in [0.1, 0.15) is 26.2 Å². The summed E-state index contributed by atoms with van der Waals surface area (Å²) in [6, 6.07) is 1.24. The van der Waals surface area contributed by atoms with E-state index in [9.17, 15) is 9.59 Å². The third-order valence-electron chi connectivity index (χ3n) is 2.83. The number of rotatable bonds is 5. The second kappa shape index (κ2) is 6.97. The molecule has 1 aliphatic heterocycles. The highest BCUT2D eigenvalue weighted by molar-refractivity contribution is 5.87. The maximum Gasteiger partial charge on any atom is 0.328 e. The van der Waals surface area contributed by atoms with E-state index in [-0.39, 0.29) is 18.2 Å². The van der Waals surface area contributed by atoms with Crippen LogP contribution in [0.4, 0.5) is 0 Å². The maximum atomic E-state index is 11.8. The van der Waals surface area contributed by atoms with Crippen LogP contribution in [-0.2, 0) is 19.1 Å². The number of hydrogen-bond acceptors (Lipinski definition) is 5. The van der Waals surface area contributed by atoms with E-state index >= 15 is 0 Å². The van der Waals surface area contributed by atoms with Gasteiger partial charge in [-0.2, -0.15) is 5.26 Å². The van der Waals surface area contributed by atoms with Crippen molar-refractivity contribution < 1.29 is 19.1 Å². The SMILES string of the molecule is COC(=O)[C@@H](C[C@H](C)C#N)NC(=O)[C@H]1CCCO1. The summed E-state index contributed by atoms with van der Waals surface area (Å²) < 4.78 is 9.85. The minimum Gasteiger partial charge on any atom is -0.467 e. The first-order valence-corrected chi connectivity index (χ1v) is 5.98. The van der Waals surface area contributed by atoms with Crippen molar-refractivity contribution in [2.75, 3.05) is 13.7 Å². The normalized spacial score (nSPS) is 21.7. The number of carbonyl (C=O) groups is 2. The Kier molecular flexibility index (Phi) is 5.59. The molecule has 0 aromatic carbocycles. The Bertz CT molecular complexity index is 344. The molecule has 6 heteroatoms. The molecule has 0 spiro atoms. The first-order valence-electron chi connectivity index (χ1n) is 5.98. The predicted molar refractivity (Wildman–Crippen MR) is 62.3 cm³/mol. The fourth-order valence-electron chi connectivity index (χ4n) is 1.81. The lowest BCUT2D eigenvalue weighted by molar-refractivity contribution is -0.146. The van der Waals surface area contributed by atoms with Gasteiger partial charge in [-0.05, 0) is 26.2 Å². The van der Waals surface area contributed by atoms with Gasteiger partial charge in [-0.1, -0.05) is 0 Å². The topological polar surface area (TPSA) is 88.4 Å². The fraction of sp³-hybridized carbons (Fsp3) is 0.750. The highest BCUT2D eigenvalue weighted by Gasteiger charge is 2.29. The summed E-state index contributed by atoms with van der Waals surface area (Å²) >= 11 is 0. The van der Waals surface area contributed by atoms with E-state index in [0.29, 0.717) is 13.0 Å². The number of esters is 1. The molecular weight excluding hydrogens is 236 g/mol. The van der Waals surface area contributed by atoms with Gasteiger partial charge in [-0.25, -0.2) is 4.79 Å². The standard InChI is InChI=1S/C12H18N2O4/c1-8(7-13)6-9(12(16)17-2)14-11(15)10-4-3-5-18-10/h8-10H,3-6H2,1-2H3,(H,14,15)/t8-,9+,10+/m0/s1. The summed E-state index contributed by atoms with van der Waals surface area (Å²) in [7, 11) is 1.25. The molecule has 1 fully saturated rings. The van der Waals surface area contributed by atoms with E-state index in [2.05, 4.69) is 10.1 Å². The van der Waals surface area contributed by atoms with Crippen LogP contribution >= 0.6 is 0 Å². The summed E-state index contributed by atoms with van der Waals surface area (Å²) in [5.74, 6) is -1.18. The van der Waals surface area contributed by atoms with Crippen LogP contribution in [0.15, 0.2) is 0 Å². The van der Waals surface area contributed by atoms with Crippen molar-refractivity contribution in [1.82, 2.24) is 5.32 Å². The van der Waals surface area contributed by atoms with Crippen molar-refractivity contribution in [2.24, 2.45) is 5.92 Å². The van der Waals surface area contributed by atoms with Gasteiger partial charge < -0.3 is 14.8 Å². The predicted octanol–water partition coefficient (Wildman–Crippen LogP) is 0.373. The van der Waals surface area contributed by atoms with Gasteiger partial charge >= 0.3 is 5.97 Å². The molecule has 3 atom stereocenters. The molecular formula is C12H18N2O4. The van der Waals surface area contributed by atoms with E-state index in [4.69, 9.17) is 10.00 Å². The van der Waals surface area contributed by atoms with Gasteiger partial charge in [0, 0.05) is 12.5 Å². The third-order valence-corrected chi connectivity index (χ3v) is 2.83. The van der Waals surface area contributed by atoms with Gasteiger partial charge in [0.2, 0.25) is 5.91 Å². The van der Waals surface area contributed by atoms with Gasteiger partial charge in [0.1, 0.15) is 12.1 Å². The number of nitrogens with zero attached hydrogens (tertiary/aromatic N) is 1. The van der Waals surface area contributed by atoms with Crippen LogP contribution in [0.2, 0.25) is 0 Å². The van der Waals surface area contributed by atoms with Crippen LogP contribution in [0.3, 0.4) is 0 Å². The molecule has 0 unspecified atom stereocenters. The third kappa shape index (κ3) is 4.00. The van der Waals surface area contributed by atoms with Gasteiger partial charge in [-0.15, -0.1) is 0 Å². The van der Waals surface area contributed by atoms with Crippen molar-refractivity contribution in [2.45, 2.75) is 38.3 Å². The van der Waals surface area contributed by atoms with Crippen molar-refractivity contribution in [1.29, 1.82) is 5.26 Å². The quantitative estimate of drug-likeness (QED) is 0.716. The minimum absolute atomic E-state index is 0.238. The molecule has 1 N–H and O–H groups in total. The van der Waals surface area contributed by atoms with Crippen molar-refractivity contribution in [3.05, 3.63) is 0 Å². The van der Waals surface area contributed by atoms with Crippen LogP contribution in [0, 0.1) is 17.2 Å². The number of ether oxygens (including phenoxy) is 2. The van der Waals surface area contributed by atoms with E-state index in [1.165, 1.54) is 7.11 Å². The molecule has 0 aliphatic carbocycles. The molecule has 6 nitrogen and oxygen atoms in total. The van der Waals surface area contributed by atoms with Crippen LogP contribution in [-0.4, -0.2) is 37.7 Å². The van der Waals surface area contributed by atoms with Crippen LogP contribution in [0.25, 0.3) is 0 Å². The minimum atomic E-state index is -0.790. The average Bonchev–Trinajstić information content (AvgIpc) is 2.90. The zero-order valence-corrected chi connectivity index (χ0v) is 10.6. The number of amides is 1. The second-order valence-electron chi connectivity index (χ2n) is 4.35. The lowest BCUT2D eigenvalue weighted by atomic mass is 10.0. The first kappa shape index (κ1) is 14.5. The van der Waals surface area contributed by atoms with E-state index in [1.54, 1.807) is 6.92 Å². The van der Waals surface area contributed by atoms with Crippen LogP contribution in [0.5, 0.6) is 0 Å². The Hall–Kier alpha value is -1.61. The van der Waals surface area contributed by atoms with Crippen LogP contribution < -0.4 is 5.32 Å². The molecule has 100 valence electrons. The summed E-state index contributed by atoms with van der Waals surface area (Å²) in [5.41, 5.74) is 0. The summed E-state index contributed by atoms with van der Waals surface area (Å²) in [6.45, 7) is 2.25. The summed E-state index contributed by atoms with van der Waals surface area (Å²) in [4.78, 5) is 23.3. The largest absolute Gasteiger partial charge is 0.467 e. The second-order valence-corrected chi connectivity index (χ2v) is 4.35. The number of methoxy groups -OCH3 is 1.